The fourth-order valence-corrected chi connectivity index (χ4v) is 3.91. The molecule has 8 heteroatoms. The lowest BCUT2D eigenvalue weighted by molar-refractivity contribution is -0.113. The number of rotatable bonds is 8. The van der Waals surface area contributed by atoms with Gasteiger partial charge in [0.15, 0.2) is 11.0 Å². The maximum absolute atomic E-state index is 12.4. The van der Waals surface area contributed by atoms with Gasteiger partial charge in [0.25, 0.3) is 0 Å². The number of ether oxygens (including phenoxy) is 1. The van der Waals surface area contributed by atoms with E-state index in [4.69, 9.17) is 16.3 Å². The Labute approximate surface area is 186 Å². The summed E-state index contributed by atoms with van der Waals surface area (Å²) in [6.45, 7) is 8.94. The Morgan fingerprint density at radius 1 is 1.20 bits per heavy atom. The van der Waals surface area contributed by atoms with Gasteiger partial charge in [0, 0.05) is 12.2 Å². The summed E-state index contributed by atoms with van der Waals surface area (Å²) in [5.41, 5.74) is 4.12. The molecule has 0 radical (unpaired) electrons. The second-order valence-electron chi connectivity index (χ2n) is 6.95. The van der Waals surface area contributed by atoms with Crippen molar-refractivity contribution in [3.05, 3.63) is 63.9 Å². The van der Waals surface area contributed by atoms with Crippen LogP contribution in [0.4, 0.5) is 5.69 Å². The molecule has 6 nitrogen and oxygen atoms in total. The van der Waals surface area contributed by atoms with Gasteiger partial charge in [0.05, 0.1) is 10.8 Å². The van der Waals surface area contributed by atoms with Crippen molar-refractivity contribution in [2.24, 2.45) is 0 Å². The van der Waals surface area contributed by atoms with E-state index in [2.05, 4.69) is 15.5 Å². The molecule has 1 aromatic heterocycles. The minimum absolute atomic E-state index is 0.0799. The van der Waals surface area contributed by atoms with Crippen molar-refractivity contribution in [2.45, 2.75) is 46.0 Å². The number of carbonyl (C=O) groups excluding carboxylic acids is 1. The van der Waals surface area contributed by atoms with E-state index in [-0.39, 0.29) is 18.3 Å². The molecular formula is C22H25ClN4O2S. The third-order valence-electron chi connectivity index (χ3n) is 4.76. The number of halogens is 1. The van der Waals surface area contributed by atoms with Crippen molar-refractivity contribution in [3.8, 4) is 5.75 Å². The van der Waals surface area contributed by atoms with Crippen molar-refractivity contribution in [3.63, 3.8) is 0 Å². The van der Waals surface area contributed by atoms with Crippen LogP contribution in [0.5, 0.6) is 5.75 Å². The molecule has 0 aliphatic rings. The van der Waals surface area contributed by atoms with E-state index in [9.17, 15) is 4.79 Å². The Morgan fingerprint density at radius 2 is 2.00 bits per heavy atom. The van der Waals surface area contributed by atoms with Crippen molar-refractivity contribution >= 4 is 35.0 Å². The van der Waals surface area contributed by atoms with E-state index in [1.54, 1.807) is 0 Å². The summed E-state index contributed by atoms with van der Waals surface area (Å²) in [6.07, 6.45) is 0. The predicted octanol–water partition coefficient (Wildman–Crippen LogP) is 5.19. The van der Waals surface area contributed by atoms with Crippen LogP contribution in [0, 0.1) is 20.8 Å². The van der Waals surface area contributed by atoms with Gasteiger partial charge >= 0.3 is 0 Å². The lowest BCUT2D eigenvalue weighted by Crippen LogP contribution is -2.16. The van der Waals surface area contributed by atoms with E-state index < -0.39 is 0 Å². The average molecular weight is 445 g/mol. The maximum Gasteiger partial charge on any atom is 0.234 e. The minimum atomic E-state index is -0.0799. The van der Waals surface area contributed by atoms with Crippen LogP contribution < -0.4 is 10.1 Å². The monoisotopic (exact) mass is 444 g/mol. The molecule has 0 bridgehead atoms. The number of aryl methyl sites for hydroxylation is 2. The summed E-state index contributed by atoms with van der Waals surface area (Å²) < 4.78 is 7.79. The summed E-state index contributed by atoms with van der Waals surface area (Å²) >= 11 is 7.55. The first-order chi connectivity index (χ1) is 14.4. The first-order valence-electron chi connectivity index (χ1n) is 9.69. The molecule has 1 N–H and O–H groups in total. The molecule has 1 heterocycles. The zero-order valence-corrected chi connectivity index (χ0v) is 19.1. The summed E-state index contributed by atoms with van der Waals surface area (Å²) in [6, 6.07) is 11.5. The number of benzene rings is 2. The number of carbonyl (C=O) groups is 1. The Balaban J connectivity index is 1.62. The van der Waals surface area contributed by atoms with Crippen LogP contribution in [-0.2, 0) is 17.9 Å². The van der Waals surface area contributed by atoms with Crippen LogP contribution in [0.2, 0.25) is 5.02 Å². The summed E-state index contributed by atoms with van der Waals surface area (Å²) in [5.74, 6) is 1.47. The maximum atomic E-state index is 12.4. The van der Waals surface area contributed by atoms with Gasteiger partial charge in [0.1, 0.15) is 12.4 Å². The number of anilines is 1. The smallest absolute Gasteiger partial charge is 0.234 e. The number of nitrogens with zero attached hydrogens (tertiary/aromatic N) is 3. The van der Waals surface area contributed by atoms with Crippen LogP contribution >= 0.6 is 23.4 Å². The summed E-state index contributed by atoms with van der Waals surface area (Å²) in [7, 11) is 0. The van der Waals surface area contributed by atoms with Crippen LogP contribution in [0.25, 0.3) is 0 Å². The van der Waals surface area contributed by atoms with Crippen molar-refractivity contribution in [1.29, 1.82) is 0 Å². The number of thioether (sulfide) groups is 1. The van der Waals surface area contributed by atoms with Gasteiger partial charge in [-0.1, -0.05) is 41.6 Å². The quantitative estimate of drug-likeness (QED) is 0.484. The normalized spacial score (nSPS) is 10.8. The molecule has 0 aliphatic carbocycles. The fourth-order valence-electron chi connectivity index (χ4n) is 2.92. The van der Waals surface area contributed by atoms with E-state index >= 15 is 0 Å². The third kappa shape index (κ3) is 5.34. The molecule has 0 fully saturated rings. The molecule has 0 saturated carbocycles. The second kappa shape index (κ2) is 10.00. The van der Waals surface area contributed by atoms with Gasteiger partial charge in [0.2, 0.25) is 5.91 Å². The molecule has 0 saturated heterocycles. The standard InChI is InChI=1S/C22H25ClN4O2S/c1-5-27-20(12-29-19-11-14(2)9-10-17(19)23)25-26-22(27)30-13-21(28)24-18-8-6-7-15(3)16(18)4/h6-11H,5,12-13H2,1-4H3,(H,24,28). The Kier molecular flexibility index (Phi) is 7.39. The lowest BCUT2D eigenvalue weighted by Gasteiger charge is -2.11. The largest absolute Gasteiger partial charge is 0.484 e. The molecular weight excluding hydrogens is 420 g/mol. The Morgan fingerprint density at radius 3 is 2.77 bits per heavy atom. The molecule has 0 spiro atoms. The Bertz CT molecular complexity index is 1050. The molecule has 0 unspecified atom stereocenters. The topological polar surface area (TPSA) is 69.0 Å². The third-order valence-corrected chi connectivity index (χ3v) is 6.04. The molecule has 158 valence electrons. The van der Waals surface area contributed by atoms with Gasteiger partial charge in [-0.2, -0.15) is 0 Å². The number of aromatic nitrogens is 3. The molecule has 3 rings (SSSR count). The van der Waals surface area contributed by atoms with Gasteiger partial charge in [-0.15, -0.1) is 10.2 Å². The SMILES string of the molecule is CCn1c(COc2cc(C)ccc2Cl)nnc1SCC(=O)Nc1cccc(C)c1C. The van der Waals surface area contributed by atoms with E-state index in [0.717, 1.165) is 22.4 Å². The molecule has 30 heavy (non-hydrogen) atoms. The van der Waals surface area contributed by atoms with E-state index in [0.29, 0.717) is 28.3 Å². The van der Waals surface area contributed by atoms with Crippen molar-refractivity contribution in [1.82, 2.24) is 14.8 Å². The second-order valence-corrected chi connectivity index (χ2v) is 8.30. The highest BCUT2D eigenvalue weighted by atomic mass is 35.5. The molecule has 1 amide bonds. The molecule has 3 aromatic rings. The van der Waals surface area contributed by atoms with Crippen LogP contribution in [0.1, 0.15) is 29.4 Å². The summed E-state index contributed by atoms with van der Waals surface area (Å²) in [4.78, 5) is 12.4. The number of hydrogen-bond acceptors (Lipinski definition) is 5. The van der Waals surface area contributed by atoms with E-state index in [1.165, 1.54) is 11.8 Å². The number of nitrogens with one attached hydrogen (secondary N) is 1. The fraction of sp³-hybridized carbons (Fsp3) is 0.318. The van der Waals surface area contributed by atoms with Crippen LogP contribution in [0.3, 0.4) is 0 Å². The first kappa shape index (κ1) is 22.2. The predicted molar refractivity (Wildman–Crippen MR) is 121 cm³/mol. The summed E-state index contributed by atoms with van der Waals surface area (Å²) in [5, 5.41) is 12.7. The van der Waals surface area contributed by atoms with Crippen LogP contribution in [0.15, 0.2) is 41.6 Å². The molecule has 0 atom stereocenters. The minimum Gasteiger partial charge on any atom is -0.484 e. The van der Waals surface area contributed by atoms with Gasteiger partial charge in [-0.25, -0.2) is 0 Å². The van der Waals surface area contributed by atoms with E-state index in [1.807, 2.05) is 68.7 Å². The van der Waals surface area contributed by atoms with Crippen molar-refractivity contribution < 1.29 is 9.53 Å². The highest BCUT2D eigenvalue weighted by molar-refractivity contribution is 7.99. The zero-order valence-electron chi connectivity index (χ0n) is 17.5. The highest BCUT2D eigenvalue weighted by Gasteiger charge is 2.15. The van der Waals surface area contributed by atoms with Crippen LogP contribution in [-0.4, -0.2) is 26.4 Å². The van der Waals surface area contributed by atoms with Gasteiger partial charge in [-0.05, 0) is 62.6 Å². The average Bonchev–Trinajstić information content (AvgIpc) is 3.12. The zero-order chi connectivity index (χ0) is 21.7. The number of amides is 1. The van der Waals surface area contributed by atoms with Gasteiger partial charge in [-0.3, -0.25) is 4.79 Å². The Hall–Kier alpha value is -2.51. The molecule has 0 aliphatic heterocycles. The lowest BCUT2D eigenvalue weighted by atomic mass is 10.1. The number of hydrogen-bond donors (Lipinski definition) is 1. The first-order valence-corrected chi connectivity index (χ1v) is 11.0. The van der Waals surface area contributed by atoms with Gasteiger partial charge < -0.3 is 14.6 Å². The highest BCUT2D eigenvalue weighted by Crippen LogP contribution is 2.26. The van der Waals surface area contributed by atoms with Crippen molar-refractivity contribution in [2.75, 3.05) is 11.1 Å². The molecule has 2 aromatic carbocycles.